The summed E-state index contributed by atoms with van der Waals surface area (Å²) in [6, 6.07) is 7.48. The van der Waals surface area contributed by atoms with E-state index in [-0.39, 0.29) is 11.7 Å². The van der Waals surface area contributed by atoms with E-state index in [4.69, 9.17) is 9.15 Å². The molecule has 0 bridgehead atoms. The van der Waals surface area contributed by atoms with Gasteiger partial charge in [0.1, 0.15) is 10.6 Å². The number of methoxy groups -OCH3 is 1. The fourth-order valence-corrected chi connectivity index (χ4v) is 3.66. The molecule has 1 amide bonds. The lowest BCUT2D eigenvalue weighted by Crippen LogP contribution is -2.14. The second kappa shape index (κ2) is 6.13. The van der Waals surface area contributed by atoms with Crippen molar-refractivity contribution in [2.45, 2.75) is 20.8 Å². The maximum absolute atomic E-state index is 12.6. The maximum Gasteiger partial charge on any atom is 0.341 e. The lowest BCUT2D eigenvalue weighted by molar-refractivity contribution is 0.0601. The summed E-state index contributed by atoms with van der Waals surface area (Å²) in [5, 5.41) is 4.16. The van der Waals surface area contributed by atoms with Crippen molar-refractivity contribution in [1.82, 2.24) is 0 Å². The molecule has 5 nitrogen and oxygen atoms in total. The van der Waals surface area contributed by atoms with Gasteiger partial charge >= 0.3 is 5.97 Å². The average molecular weight is 343 g/mol. The van der Waals surface area contributed by atoms with Gasteiger partial charge in [-0.3, -0.25) is 4.79 Å². The number of nitrogens with one attached hydrogen (secondary N) is 1. The number of fused-ring (bicyclic) bond motifs is 1. The minimum atomic E-state index is -0.464. The van der Waals surface area contributed by atoms with Gasteiger partial charge in [-0.2, -0.15) is 0 Å². The monoisotopic (exact) mass is 343 g/mol. The van der Waals surface area contributed by atoms with E-state index in [2.05, 4.69) is 5.32 Å². The summed E-state index contributed by atoms with van der Waals surface area (Å²) in [5.74, 6) is -0.598. The van der Waals surface area contributed by atoms with Gasteiger partial charge in [0.2, 0.25) is 0 Å². The number of para-hydroxylation sites is 1. The number of carbonyl (C=O) groups excluding carboxylic acids is 2. The van der Waals surface area contributed by atoms with Gasteiger partial charge in [-0.1, -0.05) is 18.2 Å². The second-order valence-electron chi connectivity index (χ2n) is 5.49. The smallest absolute Gasteiger partial charge is 0.341 e. The SMILES string of the molecule is COC(=O)c1c(NC(=O)c2oc3ccccc3c2C)sc(C)c1C. The first kappa shape index (κ1) is 16.3. The number of benzene rings is 1. The van der Waals surface area contributed by atoms with E-state index in [1.807, 2.05) is 45.0 Å². The molecule has 0 spiro atoms. The number of aryl methyl sites for hydroxylation is 2. The Morgan fingerprint density at radius 2 is 1.83 bits per heavy atom. The van der Waals surface area contributed by atoms with Gasteiger partial charge in [0.05, 0.1) is 12.7 Å². The Hall–Kier alpha value is -2.60. The van der Waals surface area contributed by atoms with Crippen molar-refractivity contribution in [2.75, 3.05) is 12.4 Å². The Kier molecular flexibility index (Phi) is 4.15. The van der Waals surface area contributed by atoms with Gasteiger partial charge in [0.15, 0.2) is 5.76 Å². The Labute approximate surface area is 143 Å². The lowest BCUT2D eigenvalue weighted by atomic mass is 10.1. The van der Waals surface area contributed by atoms with Gasteiger partial charge in [-0.15, -0.1) is 11.3 Å². The minimum Gasteiger partial charge on any atom is -0.465 e. The van der Waals surface area contributed by atoms with Gasteiger partial charge < -0.3 is 14.5 Å². The molecule has 0 saturated carbocycles. The summed E-state index contributed by atoms with van der Waals surface area (Å²) in [6.45, 7) is 5.57. The third-order valence-corrected chi connectivity index (χ3v) is 5.17. The first-order valence-electron chi connectivity index (χ1n) is 7.41. The average Bonchev–Trinajstić information content (AvgIpc) is 3.05. The molecule has 0 aliphatic heterocycles. The largest absolute Gasteiger partial charge is 0.465 e. The van der Waals surface area contributed by atoms with E-state index in [1.165, 1.54) is 18.4 Å². The van der Waals surface area contributed by atoms with E-state index < -0.39 is 5.97 Å². The summed E-state index contributed by atoms with van der Waals surface area (Å²) in [5.41, 5.74) is 2.63. The number of rotatable bonds is 3. The highest BCUT2D eigenvalue weighted by Crippen LogP contribution is 2.34. The van der Waals surface area contributed by atoms with Crippen LogP contribution < -0.4 is 5.32 Å². The van der Waals surface area contributed by atoms with Gasteiger partial charge in [0.25, 0.3) is 5.91 Å². The number of esters is 1. The number of hydrogen-bond donors (Lipinski definition) is 1. The highest BCUT2D eigenvalue weighted by Gasteiger charge is 2.24. The summed E-state index contributed by atoms with van der Waals surface area (Å²) in [6.07, 6.45) is 0. The Bertz CT molecular complexity index is 951. The van der Waals surface area contributed by atoms with Crippen molar-refractivity contribution < 1.29 is 18.7 Å². The molecule has 3 rings (SSSR count). The lowest BCUT2D eigenvalue weighted by Gasteiger charge is -2.05. The maximum atomic E-state index is 12.6. The fraction of sp³-hybridized carbons (Fsp3) is 0.222. The number of ether oxygens (including phenoxy) is 1. The molecule has 0 atom stereocenters. The molecule has 0 radical (unpaired) electrons. The van der Waals surface area contributed by atoms with Crippen LogP contribution in [-0.4, -0.2) is 19.0 Å². The molecule has 0 aliphatic rings. The zero-order valence-electron chi connectivity index (χ0n) is 13.9. The Morgan fingerprint density at radius 3 is 2.50 bits per heavy atom. The summed E-state index contributed by atoms with van der Waals surface area (Å²) in [4.78, 5) is 25.6. The number of amides is 1. The first-order chi connectivity index (χ1) is 11.4. The van der Waals surface area contributed by atoms with Crippen LogP contribution in [0.2, 0.25) is 0 Å². The summed E-state index contributed by atoms with van der Waals surface area (Å²) < 4.78 is 10.5. The van der Waals surface area contributed by atoms with Crippen molar-refractivity contribution in [3.8, 4) is 0 Å². The van der Waals surface area contributed by atoms with Crippen molar-refractivity contribution in [3.63, 3.8) is 0 Å². The molecule has 1 aromatic carbocycles. The summed E-state index contributed by atoms with van der Waals surface area (Å²) in [7, 11) is 1.32. The highest BCUT2D eigenvalue weighted by molar-refractivity contribution is 7.16. The number of anilines is 1. The molecule has 1 N–H and O–H groups in total. The highest BCUT2D eigenvalue weighted by atomic mass is 32.1. The quantitative estimate of drug-likeness (QED) is 0.713. The third-order valence-electron chi connectivity index (χ3n) is 4.05. The van der Waals surface area contributed by atoms with Crippen molar-refractivity contribution >= 4 is 39.2 Å². The number of hydrogen-bond acceptors (Lipinski definition) is 5. The van der Waals surface area contributed by atoms with E-state index in [9.17, 15) is 9.59 Å². The van der Waals surface area contributed by atoms with Crippen LogP contribution in [0, 0.1) is 20.8 Å². The van der Waals surface area contributed by atoms with Crippen LogP contribution in [-0.2, 0) is 4.74 Å². The molecule has 2 heterocycles. The van der Waals surface area contributed by atoms with Gasteiger partial charge in [0, 0.05) is 15.8 Å². The van der Waals surface area contributed by atoms with E-state index in [0.29, 0.717) is 16.1 Å². The van der Waals surface area contributed by atoms with Crippen molar-refractivity contribution in [3.05, 3.63) is 51.6 Å². The van der Waals surface area contributed by atoms with E-state index in [1.54, 1.807) is 0 Å². The third kappa shape index (κ3) is 2.59. The Balaban J connectivity index is 1.99. The van der Waals surface area contributed by atoms with Crippen LogP contribution >= 0.6 is 11.3 Å². The predicted octanol–water partition coefficient (Wildman–Crippen LogP) is 4.46. The van der Waals surface area contributed by atoms with Gasteiger partial charge in [-0.25, -0.2) is 4.79 Å². The van der Waals surface area contributed by atoms with Crippen molar-refractivity contribution in [2.24, 2.45) is 0 Å². The van der Waals surface area contributed by atoms with Gasteiger partial charge in [-0.05, 0) is 32.4 Å². The first-order valence-corrected chi connectivity index (χ1v) is 8.23. The molecule has 24 heavy (non-hydrogen) atoms. The topological polar surface area (TPSA) is 68.5 Å². The molecule has 0 saturated heterocycles. The van der Waals surface area contributed by atoms with Crippen molar-refractivity contribution in [1.29, 1.82) is 0 Å². The molecule has 6 heteroatoms. The number of furan rings is 1. The fourth-order valence-electron chi connectivity index (χ4n) is 2.61. The van der Waals surface area contributed by atoms with E-state index in [0.717, 1.165) is 21.4 Å². The number of thiophene rings is 1. The molecule has 3 aromatic rings. The zero-order valence-corrected chi connectivity index (χ0v) is 14.7. The van der Waals surface area contributed by atoms with Crippen LogP contribution in [0.4, 0.5) is 5.00 Å². The molecule has 2 aromatic heterocycles. The molecular formula is C18H17NO4S. The van der Waals surface area contributed by atoms with Crippen LogP contribution in [0.1, 0.15) is 36.9 Å². The Morgan fingerprint density at radius 1 is 1.12 bits per heavy atom. The van der Waals surface area contributed by atoms with Crippen LogP contribution in [0.5, 0.6) is 0 Å². The normalized spacial score (nSPS) is 10.8. The molecule has 0 aliphatic carbocycles. The summed E-state index contributed by atoms with van der Waals surface area (Å²) >= 11 is 1.35. The molecule has 0 fully saturated rings. The molecular weight excluding hydrogens is 326 g/mol. The molecule has 124 valence electrons. The van der Waals surface area contributed by atoms with Crippen LogP contribution in [0.15, 0.2) is 28.7 Å². The second-order valence-corrected chi connectivity index (χ2v) is 6.71. The predicted molar refractivity (Wildman–Crippen MR) is 94.0 cm³/mol. The minimum absolute atomic E-state index is 0.246. The van der Waals surface area contributed by atoms with E-state index >= 15 is 0 Å². The standard InChI is InChI=1S/C18H17NO4S/c1-9-11(3)24-17(14(9)18(21)22-4)19-16(20)15-10(2)12-7-5-6-8-13(12)23-15/h5-8H,1-4H3,(H,19,20). The van der Waals surface area contributed by atoms with Crippen LogP contribution in [0.3, 0.4) is 0 Å². The number of carbonyl (C=O) groups is 2. The van der Waals surface area contributed by atoms with Crippen LogP contribution in [0.25, 0.3) is 11.0 Å². The molecule has 0 unspecified atom stereocenters. The zero-order chi connectivity index (χ0) is 17.4.